The molecule has 3 aliphatic rings. The number of ether oxygens (including phenoxy) is 4. The molecule has 6 aromatic rings. The van der Waals surface area contributed by atoms with E-state index in [0.29, 0.717) is 17.1 Å². The normalized spacial score (nSPS) is 21.2. The van der Waals surface area contributed by atoms with Crippen molar-refractivity contribution in [2.75, 3.05) is 7.11 Å². The lowest BCUT2D eigenvalue weighted by Gasteiger charge is -2.37. The van der Waals surface area contributed by atoms with Gasteiger partial charge in [0.25, 0.3) is 30.4 Å². The first-order valence-electron chi connectivity index (χ1n) is 27.6. The van der Waals surface area contributed by atoms with Crippen molar-refractivity contribution >= 4 is 62.9 Å². The highest BCUT2D eigenvalue weighted by Gasteiger charge is 2.52. The second-order valence-electron chi connectivity index (χ2n) is 22.6. The van der Waals surface area contributed by atoms with Crippen LogP contribution in [0.4, 0.5) is 70.2 Å². The van der Waals surface area contributed by atoms with Crippen LogP contribution in [0.3, 0.4) is 0 Å². The quantitative estimate of drug-likeness (QED) is 0.0641. The number of benzene rings is 3. The predicted octanol–water partition coefficient (Wildman–Crippen LogP) is 13.8. The van der Waals surface area contributed by atoms with Crippen LogP contribution in [-0.4, -0.2) is 94.1 Å². The summed E-state index contributed by atoms with van der Waals surface area (Å²) in [7, 11) is 1.41. The van der Waals surface area contributed by atoms with E-state index < -0.39 is 167 Å². The SMILES string of the molecule is COc1cnc(C(=O)Cc2cc(F)c(F)c([C@]3(C)C[C@@H](C(C)(F)F)OC(N)=N3)c2)c(Cl)c1.C[C@@]1(c2cc(CC(=O)c3ccc(Br)cn3)cc(F)c2F)C[C@@H](C(F)(F)F)OC(N)=N1.Cc1cc(C(F)F)cnc1C(=O)Cc1cc(F)c(F)c([C@]2(C)C[C@@H](C(F)(F)F)OC(N)=N2)c1. The molecule has 510 valence electrons. The highest BCUT2D eigenvalue weighted by molar-refractivity contribution is 9.10. The number of ketones is 3. The monoisotopic (exact) mass is 1440 g/mol. The summed E-state index contributed by atoms with van der Waals surface area (Å²) in [5.74, 6) is -12.8. The molecule has 0 unspecified atom stereocenters. The summed E-state index contributed by atoms with van der Waals surface area (Å²) in [6.45, 7) is 5.70. The Bertz CT molecular complexity index is 4030. The number of halogens is 18. The summed E-state index contributed by atoms with van der Waals surface area (Å²) >= 11 is 9.25. The molecule has 6 atom stereocenters. The van der Waals surface area contributed by atoms with Crippen LogP contribution in [-0.2, 0) is 50.1 Å². The van der Waals surface area contributed by atoms with E-state index in [1.165, 1.54) is 58.5 Å². The number of alkyl halides is 10. The minimum absolute atomic E-state index is 0.0268. The van der Waals surface area contributed by atoms with Gasteiger partial charge in [0.05, 0.1) is 34.9 Å². The van der Waals surface area contributed by atoms with E-state index in [-0.39, 0.29) is 68.3 Å². The molecule has 95 heavy (non-hydrogen) atoms. The van der Waals surface area contributed by atoms with Crippen molar-refractivity contribution < 1.29 is 104 Å². The molecule has 0 saturated heterocycles. The predicted molar refractivity (Wildman–Crippen MR) is 313 cm³/mol. The van der Waals surface area contributed by atoms with Gasteiger partial charge in [0, 0.05) is 90.6 Å². The Labute approximate surface area is 542 Å². The molecule has 3 aliphatic heterocycles. The standard InChI is InChI=1S/C21H20ClF4N3O3.C21H18F7N3O2.C19H15BrF5N3O2/c1-20(8-16(21(2,25)26)32-19(27)29-20)12-4-10(5-14(23)17(12)24)6-15(30)18-13(22)7-11(31-3)9-28-18;1-9-3-11(18(24)25)8-30-17(9)14(32)6-10-4-12(16(23)13(22)5-10)20(2)7-15(21(26,27)28)33-19(29)31-20;1-18(7-15(19(23,24)25)30-17(26)28-18)11-4-9(5-12(21)16(11)22)6-14(29)13-3-2-10(20)8-27-13/h4-5,7,9,16H,6,8H2,1-3H3,(H2,27,29);3-5,8,15,18H,6-7H2,1-2H3,(H2,29,31);2-5,8,15H,6-7H2,1H3,(H2,26,28)/t16-,20-;15-,20-;15-,18-/m000/s1. The molecule has 0 spiro atoms. The van der Waals surface area contributed by atoms with Gasteiger partial charge in [0.1, 0.15) is 22.8 Å². The summed E-state index contributed by atoms with van der Waals surface area (Å²) < 4.78 is 239. The number of rotatable bonds is 15. The largest absolute Gasteiger partial charge is 0.495 e. The zero-order chi connectivity index (χ0) is 70.8. The molecule has 0 bridgehead atoms. The molecule has 16 nitrogen and oxygen atoms in total. The number of hydrogen-bond donors (Lipinski definition) is 3. The second-order valence-corrected chi connectivity index (χ2v) is 23.9. The Morgan fingerprint density at radius 2 is 0.979 bits per heavy atom. The number of pyridine rings is 3. The van der Waals surface area contributed by atoms with Gasteiger partial charge in [0.2, 0.25) is 0 Å². The van der Waals surface area contributed by atoms with Gasteiger partial charge in [-0.2, -0.15) is 26.3 Å². The molecule has 6 heterocycles. The first kappa shape index (κ1) is 73.8. The fourth-order valence-corrected chi connectivity index (χ4v) is 10.8. The summed E-state index contributed by atoms with van der Waals surface area (Å²) in [6.07, 6.45) is -18.7. The summed E-state index contributed by atoms with van der Waals surface area (Å²) in [4.78, 5) is 60.9. The number of amidine groups is 3. The highest BCUT2D eigenvalue weighted by Crippen LogP contribution is 2.45. The number of methoxy groups -OCH3 is 1. The van der Waals surface area contributed by atoms with Crippen LogP contribution in [0.25, 0.3) is 0 Å². The van der Waals surface area contributed by atoms with Crippen molar-refractivity contribution in [3.05, 3.63) is 185 Å². The third-order valence-corrected chi connectivity index (χ3v) is 15.7. The van der Waals surface area contributed by atoms with E-state index in [0.717, 1.165) is 49.5 Å². The number of hydrogen-bond acceptors (Lipinski definition) is 16. The van der Waals surface area contributed by atoms with Crippen molar-refractivity contribution in [2.24, 2.45) is 32.2 Å². The lowest BCUT2D eigenvalue weighted by molar-refractivity contribution is -0.208. The molecular weight excluding hydrogens is 1390 g/mol. The number of Topliss-reactive ketones (excluding diaryl/α,β-unsaturated/α-hetero) is 3. The zero-order valence-electron chi connectivity index (χ0n) is 50.1. The summed E-state index contributed by atoms with van der Waals surface area (Å²) in [5.41, 5.74) is 9.26. The van der Waals surface area contributed by atoms with Crippen LogP contribution in [0.5, 0.6) is 5.75 Å². The molecule has 0 amide bonds. The Morgan fingerprint density at radius 1 is 0.589 bits per heavy atom. The summed E-state index contributed by atoms with van der Waals surface area (Å²) in [5, 5.41) is 0.0268. The molecule has 0 aliphatic carbocycles. The van der Waals surface area contributed by atoms with Crippen molar-refractivity contribution in [3.8, 4) is 5.75 Å². The average molecular weight is 1440 g/mol. The van der Waals surface area contributed by atoms with Crippen molar-refractivity contribution in [3.63, 3.8) is 0 Å². The number of nitrogens with zero attached hydrogens (tertiary/aromatic N) is 6. The number of nitrogens with two attached hydrogens (primary N) is 3. The van der Waals surface area contributed by atoms with Gasteiger partial charge >= 0.3 is 12.4 Å². The number of carbonyl (C=O) groups is 3. The molecule has 6 N–H and O–H groups in total. The van der Waals surface area contributed by atoms with Crippen molar-refractivity contribution in [1.82, 2.24) is 15.0 Å². The van der Waals surface area contributed by atoms with Gasteiger partial charge in [-0.1, -0.05) is 11.6 Å². The fourth-order valence-electron chi connectivity index (χ4n) is 10.3. The van der Waals surface area contributed by atoms with Gasteiger partial charge in [0.15, 0.2) is 70.6 Å². The van der Waals surface area contributed by atoms with Gasteiger partial charge in [-0.05, 0) is 120 Å². The van der Waals surface area contributed by atoms with Gasteiger partial charge in [-0.25, -0.2) is 63.9 Å². The maximum Gasteiger partial charge on any atom is 0.425 e. The van der Waals surface area contributed by atoms with Gasteiger partial charge < -0.3 is 36.1 Å². The minimum atomic E-state index is -4.84. The van der Waals surface area contributed by atoms with Crippen LogP contribution < -0.4 is 21.9 Å². The van der Waals surface area contributed by atoms with Crippen molar-refractivity contribution in [2.45, 2.75) is 133 Å². The summed E-state index contributed by atoms with van der Waals surface area (Å²) in [6, 6.07) is 9.03. The third-order valence-electron chi connectivity index (χ3n) is 14.9. The number of carbonyl (C=O) groups excluding carboxylic acids is 3. The molecular formula is C61H53BrClF16N9O7. The number of aliphatic imine (C=N–C) groups is 3. The maximum absolute atomic E-state index is 14.7. The molecule has 0 saturated carbocycles. The highest BCUT2D eigenvalue weighted by atomic mass is 79.9. The minimum Gasteiger partial charge on any atom is -0.495 e. The Morgan fingerprint density at radius 3 is 1.34 bits per heavy atom. The Kier molecular flexibility index (Phi) is 22.0. The van der Waals surface area contributed by atoms with Crippen LogP contribution >= 0.6 is 27.5 Å². The first-order chi connectivity index (χ1) is 43.9. The van der Waals surface area contributed by atoms with E-state index in [9.17, 15) is 84.6 Å². The molecule has 0 fully saturated rings. The molecule has 9 rings (SSSR count). The third kappa shape index (κ3) is 17.7. The van der Waals surface area contributed by atoms with Gasteiger partial charge in [-0.15, -0.1) is 0 Å². The lowest BCUT2D eigenvalue weighted by atomic mass is 9.83. The van der Waals surface area contributed by atoms with Crippen molar-refractivity contribution in [1.29, 1.82) is 0 Å². The Balaban J connectivity index is 0.000000202. The van der Waals surface area contributed by atoms with E-state index in [1.807, 2.05) is 0 Å². The molecule has 3 aromatic carbocycles. The fraction of sp³-hybridized carbons (Fsp3) is 0.361. The maximum atomic E-state index is 14.7. The lowest BCUT2D eigenvalue weighted by Crippen LogP contribution is -2.46. The number of aryl methyl sites for hydroxylation is 1. The van der Waals surface area contributed by atoms with Gasteiger partial charge in [-0.3, -0.25) is 24.4 Å². The number of aromatic nitrogens is 3. The second kappa shape index (κ2) is 28.4. The molecule has 0 radical (unpaired) electrons. The smallest absolute Gasteiger partial charge is 0.425 e. The van der Waals surface area contributed by atoms with Crippen LogP contribution in [0.2, 0.25) is 5.02 Å². The van der Waals surface area contributed by atoms with Crippen LogP contribution in [0.1, 0.15) is 129 Å². The topological polar surface area (TPSA) is 242 Å². The Hall–Kier alpha value is -8.62. The molecule has 3 aromatic heterocycles. The van der Waals surface area contributed by atoms with E-state index in [1.54, 1.807) is 6.07 Å². The van der Waals surface area contributed by atoms with E-state index in [4.69, 9.17) is 38.3 Å². The zero-order valence-corrected chi connectivity index (χ0v) is 52.5. The molecule has 34 heteroatoms. The first-order valence-corrected chi connectivity index (χ1v) is 28.8. The van der Waals surface area contributed by atoms with Crippen LogP contribution in [0.15, 0.2) is 98.7 Å². The average Bonchev–Trinajstić information content (AvgIpc) is 0.780. The van der Waals surface area contributed by atoms with E-state index >= 15 is 0 Å². The van der Waals surface area contributed by atoms with E-state index in [2.05, 4.69) is 55.3 Å². The van der Waals surface area contributed by atoms with Crippen LogP contribution in [0, 0.1) is 41.8 Å².